The van der Waals surface area contributed by atoms with Gasteiger partial charge in [-0.05, 0) is 26.2 Å². The van der Waals surface area contributed by atoms with Gasteiger partial charge in [-0.1, -0.05) is 6.92 Å². The Hall–Kier alpha value is -1.80. The van der Waals surface area contributed by atoms with Crippen LogP contribution in [0.1, 0.15) is 69.2 Å². The van der Waals surface area contributed by atoms with Gasteiger partial charge in [-0.3, -0.25) is 5.32 Å². The molecule has 0 bridgehead atoms. The summed E-state index contributed by atoms with van der Waals surface area (Å²) < 4.78 is 54.6. The summed E-state index contributed by atoms with van der Waals surface area (Å²) in [6, 6.07) is -0.984. The van der Waals surface area contributed by atoms with Gasteiger partial charge >= 0.3 is 6.03 Å². The molecule has 0 radical (unpaired) electrons. The van der Waals surface area contributed by atoms with Crippen LogP contribution in [-0.2, 0) is 5.41 Å². The Balaban J connectivity index is 1.53. The zero-order chi connectivity index (χ0) is 19.6. The average Bonchev–Trinajstić information content (AvgIpc) is 2.71. The fourth-order valence-electron chi connectivity index (χ4n) is 4.49. The van der Waals surface area contributed by atoms with Gasteiger partial charge in [0.1, 0.15) is 5.82 Å². The van der Waals surface area contributed by atoms with Gasteiger partial charge in [0.25, 0.3) is 5.92 Å². The first-order valence-electron chi connectivity index (χ1n) is 9.41. The molecule has 150 valence electrons. The van der Waals surface area contributed by atoms with Crippen LogP contribution in [0.2, 0.25) is 0 Å². The molecule has 0 aliphatic heterocycles. The van der Waals surface area contributed by atoms with Crippen molar-refractivity contribution < 1.29 is 22.4 Å². The second-order valence-electron chi connectivity index (χ2n) is 8.68. The molecule has 0 saturated heterocycles. The number of nitrogens with one attached hydrogen (secondary N) is 2. The number of amides is 2. The monoisotopic (exact) mass is 388 g/mol. The number of halogens is 4. The maximum Gasteiger partial charge on any atom is 0.320 e. The van der Waals surface area contributed by atoms with Crippen LogP contribution < -0.4 is 10.6 Å². The highest BCUT2D eigenvalue weighted by Gasteiger charge is 2.56. The third-order valence-electron chi connectivity index (χ3n) is 6.09. The van der Waals surface area contributed by atoms with E-state index in [2.05, 4.69) is 15.7 Å². The lowest BCUT2D eigenvalue weighted by Gasteiger charge is -2.44. The van der Waals surface area contributed by atoms with Crippen molar-refractivity contribution in [1.29, 1.82) is 0 Å². The van der Waals surface area contributed by atoms with E-state index in [1.54, 1.807) is 18.5 Å². The molecule has 3 fully saturated rings. The second kappa shape index (κ2) is 5.85. The standard InChI is InChI=1S/C18H24F4N4O/c1-10-13(16(2)8-18(21,22)9-16)25-26(12-4-3-5-12)14(10)24-15(27)23-11-6-17(19,20)7-11/h11-12H,3-9H2,1-2H3,(H2,23,24,27). The second-order valence-corrected chi connectivity index (χ2v) is 8.68. The zero-order valence-corrected chi connectivity index (χ0v) is 15.4. The molecule has 2 amide bonds. The zero-order valence-electron chi connectivity index (χ0n) is 15.4. The Morgan fingerprint density at radius 2 is 1.78 bits per heavy atom. The minimum Gasteiger partial charge on any atom is -0.335 e. The fourth-order valence-corrected chi connectivity index (χ4v) is 4.49. The Morgan fingerprint density at radius 3 is 2.26 bits per heavy atom. The molecule has 0 aromatic carbocycles. The molecule has 1 heterocycles. The molecule has 1 aromatic rings. The quantitative estimate of drug-likeness (QED) is 0.745. The van der Waals surface area contributed by atoms with Crippen molar-refractivity contribution in [3.05, 3.63) is 11.3 Å². The molecule has 0 unspecified atom stereocenters. The van der Waals surface area contributed by atoms with Crippen LogP contribution in [0.3, 0.4) is 0 Å². The number of hydrogen-bond donors (Lipinski definition) is 2. The SMILES string of the molecule is Cc1c(C2(C)CC(F)(F)C2)nn(C2CCC2)c1NC(=O)NC1CC(F)(F)C1. The summed E-state index contributed by atoms with van der Waals surface area (Å²) in [6.07, 6.45) is 1.64. The molecule has 1 aromatic heterocycles. The Kier molecular flexibility index (Phi) is 4.02. The Labute approximate surface area is 154 Å². The van der Waals surface area contributed by atoms with Crippen molar-refractivity contribution in [2.45, 2.75) is 88.1 Å². The maximum absolute atomic E-state index is 13.5. The average molecular weight is 388 g/mol. The first kappa shape index (κ1) is 18.6. The summed E-state index contributed by atoms with van der Waals surface area (Å²) in [7, 11) is 0. The van der Waals surface area contributed by atoms with Gasteiger partial charge in [0.15, 0.2) is 0 Å². The number of nitrogens with zero attached hydrogens (tertiary/aromatic N) is 2. The summed E-state index contributed by atoms with van der Waals surface area (Å²) in [4.78, 5) is 12.3. The summed E-state index contributed by atoms with van der Waals surface area (Å²) in [5.74, 6) is -4.91. The van der Waals surface area contributed by atoms with E-state index in [0.717, 1.165) is 19.3 Å². The van der Waals surface area contributed by atoms with Gasteiger partial charge in [0.05, 0.1) is 11.7 Å². The van der Waals surface area contributed by atoms with E-state index in [1.807, 2.05) is 0 Å². The molecule has 0 atom stereocenters. The summed E-state index contributed by atoms with van der Waals surface area (Å²) in [5.41, 5.74) is 0.547. The van der Waals surface area contributed by atoms with Gasteiger partial charge in [-0.15, -0.1) is 0 Å². The Morgan fingerprint density at radius 1 is 1.15 bits per heavy atom. The van der Waals surface area contributed by atoms with E-state index in [-0.39, 0.29) is 31.7 Å². The van der Waals surface area contributed by atoms with Crippen LogP contribution in [0.15, 0.2) is 0 Å². The van der Waals surface area contributed by atoms with E-state index >= 15 is 0 Å². The smallest absolute Gasteiger partial charge is 0.320 e. The number of urea groups is 1. The van der Waals surface area contributed by atoms with Gasteiger partial charge in [-0.25, -0.2) is 27.0 Å². The largest absolute Gasteiger partial charge is 0.335 e. The van der Waals surface area contributed by atoms with Gasteiger partial charge in [0.2, 0.25) is 5.92 Å². The number of hydrogen-bond acceptors (Lipinski definition) is 2. The van der Waals surface area contributed by atoms with Crippen molar-refractivity contribution >= 4 is 11.8 Å². The van der Waals surface area contributed by atoms with E-state index in [0.29, 0.717) is 17.1 Å². The van der Waals surface area contributed by atoms with Crippen LogP contribution >= 0.6 is 0 Å². The molecule has 9 heteroatoms. The van der Waals surface area contributed by atoms with E-state index in [4.69, 9.17) is 0 Å². The van der Waals surface area contributed by atoms with Crippen LogP contribution in [0.4, 0.5) is 28.2 Å². The number of carbonyl (C=O) groups excluding carboxylic acids is 1. The lowest BCUT2D eigenvalue weighted by Crippen LogP contribution is -2.51. The van der Waals surface area contributed by atoms with Gasteiger partial charge in [0, 0.05) is 42.7 Å². The van der Waals surface area contributed by atoms with Gasteiger partial charge in [-0.2, -0.15) is 5.10 Å². The number of carbonyl (C=O) groups is 1. The molecule has 4 rings (SSSR count). The normalized spacial score (nSPS) is 25.9. The van der Waals surface area contributed by atoms with Crippen LogP contribution in [-0.4, -0.2) is 33.7 Å². The van der Waals surface area contributed by atoms with Crippen LogP contribution in [0.25, 0.3) is 0 Å². The molecular formula is C18H24F4N4O. The third-order valence-corrected chi connectivity index (χ3v) is 6.09. The molecular weight excluding hydrogens is 364 g/mol. The number of anilines is 1. The fraction of sp³-hybridized carbons (Fsp3) is 0.778. The lowest BCUT2D eigenvalue weighted by molar-refractivity contribution is -0.122. The highest BCUT2D eigenvalue weighted by molar-refractivity contribution is 5.89. The van der Waals surface area contributed by atoms with E-state index in [9.17, 15) is 22.4 Å². The van der Waals surface area contributed by atoms with Crippen molar-refractivity contribution in [3.8, 4) is 0 Å². The first-order chi connectivity index (χ1) is 12.5. The van der Waals surface area contributed by atoms with Crippen molar-refractivity contribution in [1.82, 2.24) is 15.1 Å². The highest BCUT2D eigenvalue weighted by atomic mass is 19.3. The predicted octanol–water partition coefficient (Wildman–Crippen LogP) is 4.52. The number of aromatic nitrogens is 2. The van der Waals surface area contributed by atoms with Crippen molar-refractivity contribution in [2.75, 3.05) is 5.32 Å². The van der Waals surface area contributed by atoms with Crippen molar-refractivity contribution in [3.63, 3.8) is 0 Å². The third kappa shape index (κ3) is 3.29. The summed E-state index contributed by atoms with van der Waals surface area (Å²) in [6.45, 7) is 3.54. The van der Waals surface area contributed by atoms with E-state index < -0.39 is 29.3 Å². The first-order valence-corrected chi connectivity index (χ1v) is 9.41. The molecule has 3 aliphatic rings. The summed E-state index contributed by atoms with van der Waals surface area (Å²) in [5, 5.41) is 9.88. The predicted molar refractivity (Wildman–Crippen MR) is 91.5 cm³/mol. The topological polar surface area (TPSA) is 59.0 Å². The molecule has 3 saturated carbocycles. The molecule has 0 spiro atoms. The lowest BCUT2D eigenvalue weighted by atomic mass is 9.65. The molecule has 2 N–H and O–H groups in total. The number of rotatable bonds is 4. The molecule has 5 nitrogen and oxygen atoms in total. The minimum absolute atomic E-state index is 0.130. The Bertz CT molecular complexity index is 756. The minimum atomic E-state index is -2.71. The summed E-state index contributed by atoms with van der Waals surface area (Å²) >= 11 is 0. The van der Waals surface area contributed by atoms with Gasteiger partial charge < -0.3 is 5.32 Å². The van der Waals surface area contributed by atoms with Crippen LogP contribution in [0.5, 0.6) is 0 Å². The molecule has 3 aliphatic carbocycles. The molecule has 27 heavy (non-hydrogen) atoms. The van der Waals surface area contributed by atoms with Crippen molar-refractivity contribution in [2.24, 2.45) is 0 Å². The van der Waals surface area contributed by atoms with E-state index in [1.165, 1.54) is 0 Å². The highest BCUT2D eigenvalue weighted by Crippen LogP contribution is 2.54. The maximum atomic E-state index is 13.5. The van der Waals surface area contributed by atoms with Crippen LogP contribution in [0, 0.1) is 6.92 Å². The number of alkyl halides is 4.